The van der Waals surface area contributed by atoms with E-state index in [1.807, 2.05) is 0 Å². The number of unbranched alkanes of at least 4 members (excludes halogenated alkanes) is 1. The summed E-state index contributed by atoms with van der Waals surface area (Å²) in [6, 6.07) is 22.4. The highest BCUT2D eigenvalue weighted by atomic mass is 16.5. The Balaban J connectivity index is 1.40. The molecule has 0 saturated heterocycles. The van der Waals surface area contributed by atoms with Crippen LogP contribution in [-0.2, 0) is 10.2 Å². The lowest BCUT2D eigenvalue weighted by Crippen LogP contribution is -2.28. The Hall–Kier alpha value is -1.86. The Morgan fingerprint density at radius 3 is 2.06 bits per heavy atom. The van der Waals surface area contributed by atoms with Crippen LogP contribution in [-0.4, -0.2) is 12.7 Å². The number of benzene rings is 2. The maximum atomic E-state index is 6.35. The van der Waals surface area contributed by atoms with Crippen LogP contribution in [0.5, 0.6) is 0 Å². The molecule has 2 aromatic carbocycles. The van der Waals surface area contributed by atoms with Gasteiger partial charge in [0.2, 0.25) is 0 Å². The van der Waals surface area contributed by atoms with E-state index in [2.05, 4.69) is 86.7 Å². The van der Waals surface area contributed by atoms with Crippen molar-refractivity contribution < 1.29 is 4.74 Å². The summed E-state index contributed by atoms with van der Waals surface area (Å²) in [5.74, 6) is 2.38. The lowest BCUT2D eigenvalue weighted by molar-refractivity contribution is 0.0275. The van der Waals surface area contributed by atoms with Gasteiger partial charge in [-0.15, -0.1) is 0 Å². The third kappa shape index (κ3) is 5.32. The largest absolute Gasteiger partial charge is 0.378 e. The van der Waals surface area contributed by atoms with Crippen LogP contribution in [0.25, 0.3) is 0 Å². The van der Waals surface area contributed by atoms with Crippen molar-refractivity contribution in [2.45, 2.75) is 76.7 Å². The highest BCUT2D eigenvalue weighted by Crippen LogP contribution is 2.44. The van der Waals surface area contributed by atoms with E-state index in [-0.39, 0.29) is 5.41 Å². The van der Waals surface area contributed by atoms with E-state index in [9.17, 15) is 0 Å². The maximum absolute atomic E-state index is 6.35. The molecular formula is C30H40O. The van der Waals surface area contributed by atoms with Gasteiger partial charge in [-0.25, -0.2) is 0 Å². The van der Waals surface area contributed by atoms with Crippen LogP contribution < -0.4 is 0 Å². The van der Waals surface area contributed by atoms with Crippen LogP contribution in [0.1, 0.15) is 76.3 Å². The predicted octanol–water partition coefficient (Wildman–Crippen LogP) is 7.95. The summed E-state index contributed by atoms with van der Waals surface area (Å²) < 4.78 is 6.35. The predicted molar refractivity (Wildman–Crippen MR) is 131 cm³/mol. The van der Waals surface area contributed by atoms with Crippen LogP contribution in [0, 0.1) is 17.8 Å². The molecule has 4 atom stereocenters. The van der Waals surface area contributed by atoms with Crippen molar-refractivity contribution in [1.29, 1.82) is 0 Å². The second kappa shape index (κ2) is 10.6. The van der Waals surface area contributed by atoms with Gasteiger partial charge >= 0.3 is 0 Å². The molecule has 0 radical (unpaired) electrons. The summed E-state index contributed by atoms with van der Waals surface area (Å²) in [6.45, 7) is 5.54. The lowest BCUT2D eigenvalue weighted by atomic mass is 9.68. The van der Waals surface area contributed by atoms with E-state index < -0.39 is 0 Å². The molecule has 2 bridgehead atoms. The van der Waals surface area contributed by atoms with Crippen molar-refractivity contribution in [3.05, 3.63) is 83.9 Å². The van der Waals surface area contributed by atoms with Crippen LogP contribution >= 0.6 is 0 Å². The molecule has 4 rings (SSSR count). The van der Waals surface area contributed by atoms with Crippen LogP contribution in [0.15, 0.2) is 72.8 Å². The van der Waals surface area contributed by atoms with Crippen LogP contribution in [0.2, 0.25) is 0 Å². The average Bonchev–Trinajstić information content (AvgIpc) is 3.45. The average molecular weight is 417 g/mol. The van der Waals surface area contributed by atoms with Crippen LogP contribution in [0.3, 0.4) is 0 Å². The Morgan fingerprint density at radius 2 is 1.52 bits per heavy atom. The number of fused-ring (bicyclic) bond motifs is 2. The quantitative estimate of drug-likeness (QED) is 0.319. The Kier molecular flexibility index (Phi) is 7.67. The summed E-state index contributed by atoms with van der Waals surface area (Å²) in [7, 11) is 0. The SMILES string of the molecule is CCCCC(CCCC(C)OCC1CC2C=CC1C2)(c1ccccc1)c1ccccc1. The number of ether oxygens (including phenoxy) is 1. The van der Waals surface area contributed by atoms with Crippen molar-refractivity contribution in [2.24, 2.45) is 17.8 Å². The molecule has 0 N–H and O–H groups in total. The molecule has 0 spiro atoms. The summed E-state index contributed by atoms with van der Waals surface area (Å²) in [5.41, 5.74) is 3.04. The third-order valence-electron chi connectivity index (χ3n) is 7.84. The van der Waals surface area contributed by atoms with Gasteiger partial charge in [0.25, 0.3) is 0 Å². The number of allylic oxidation sites excluding steroid dienone is 2. The van der Waals surface area contributed by atoms with E-state index in [4.69, 9.17) is 4.74 Å². The molecule has 1 saturated carbocycles. The lowest BCUT2D eigenvalue weighted by Gasteiger charge is -2.36. The Labute approximate surface area is 189 Å². The summed E-state index contributed by atoms with van der Waals surface area (Å²) in [5, 5.41) is 0. The first-order valence-corrected chi connectivity index (χ1v) is 12.6. The van der Waals surface area contributed by atoms with Crippen LogP contribution in [0.4, 0.5) is 0 Å². The number of hydrogen-bond acceptors (Lipinski definition) is 1. The zero-order valence-electron chi connectivity index (χ0n) is 19.5. The minimum Gasteiger partial charge on any atom is -0.378 e. The fourth-order valence-corrected chi connectivity index (χ4v) is 6.01. The second-order valence-corrected chi connectivity index (χ2v) is 9.99. The molecule has 2 aliphatic carbocycles. The number of rotatable bonds is 12. The van der Waals surface area contributed by atoms with Gasteiger partial charge in [-0.1, -0.05) is 92.6 Å². The second-order valence-electron chi connectivity index (χ2n) is 9.99. The Bertz CT molecular complexity index is 769. The zero-order valence-corrected chi connectivity index (χ0v) is 19.5. The minimum atomic E-state index is 0.105. The van der Waals surface area contributed by atoms with Crippen molar-refractivity contribution in [3.8, 4) is 0 Å². The van der Waals surface area contributed by atoms with E-state index in [0.29, 0.717) is 6.10 Å². The van der Waals surface area contributed by atoms with Crippen molar-refractivity contribution >= 4 is 0 Å². The maximum Gasteiger partial charge on any atom is 0.0547 e. The summed E-state index contributed by atoms with van der Waals surface area (Å²) >= 11 is 0. The van der Waals surface area contributed by atoms with Gasteiger partial charge in [-0.3, -0.25) is 0 Å². The molecule has 166 valence electrons. The molecule has 0 amide bonds. The first kappa shape index (κ1) is 22.3. The van der Waals surface area contributed by atoms with E-state index >= 15 is 0 Å². The fourth-order valence-electron chi connectivity index (χ4n) is 6.01. The molecule has 2 aliphatic rings. The van der Waals surface area contributed by atoms with Crippen molar-refractivity contribution in [2.75, 3.05) is 6.61 Å². The normalized spacial score (nSPS) is 23.4. The first-order chi connectivity index (χ1) is 15.2. The van der Waals surface area contributed by atoms with E-state index in [0.717, 1.165) is 30.8 Å². The van der Waals surface area contributed by atoms with Gasteiger partial charge in [0.05, 0.1) is 12.7 Å². The highest BCUT2D eigenvalue weighted by molar-refractivity contribution is 5.39. The molecule has 0 aromatic heterocycles. The molecule has 1 fully saturated rings. The Morgan fingerprint density at radius 1 is 0.871 bits per heavy atom. The van der Waals surface area contributed by atoms with Crippen molar-refractivity contribution in [1.82, 2.24) is 0 Å². The number of hydrogen-bond donors (Lipinski definition) is 0. The molecule has 0 heterocycles. The summed E-state index contributed by atoms with van der Waals surface area (Å²) in [6.07, 6.45) is 15.2. The molecule has 0 aliphatic heterocycles. The summed E-state index contributed by atoms with van der Waals surface area (Å²) in [4.78, 5) is 0. The molecule has 31 heavy (non-hydrogen) atoms. The topological polar surface area (TPSA) is 9.23 Å². The molecule has 4 unspecified atom stereocenters. The minimum absolute atomic E-state index is 0.105. The molecular weight excluding hydrogens is 376 g/mol. The van der Waals surface area contributed by atoms with Gasteiger partial charge in [0.1, 0.15) is 0 Å². The monoisotopic (exact) mass is 416 g/mol. The van der Waals surface area contributed by atoms with Crippen molar-refractivity contribution in [3.63, 3.8) is 0 Å². The van der Waals surface area contributed by atoms with Gasteiger partial charge in [-0.2, -0.15) is 0 Å². The third-order valence-corrected chi connectivity index (χ3v) is 7.84. The zero-order chi connectivity index (χ0) is 21.5. The van der Waals surface area contributed by atoms with E-state index in [1.54, 1.807) is 0 Å². The molecule has 1 nitrogen and oxygen atoms in total. The van der Waals surface area contributed by atoms with Gasteiger partial charge in [0.15, 0.2) is 0 Å². The van der Waals surface area contributed by atoms with E-state index in [1.165, 1.54) is 56.1 Å². The molecule has 2 aromatic rings. The smallest absolute Gasteiger partial charge is 0.0547 e. The first-order valence-electron chi connectivity index (χ1n) is 12.6. The van der Waals surface area contributed by atoms with Gasteiger partial charge in [-0.05, 0) is 74.3 Å². The molecule has 1 heteroatoms. The van der Waals surface area contributed by atoms with Gasteiger partial charge in [0, 0.05) is 5.41 Å². The highest BCUT2D eigenvalue weighted by Gasteiger charge is 2.36. The standard InChI is InChI=1S/C30H40O/c1-3-4-19-30(28-13-7-5-8-14-28,29-15-9-6-10-16-29)20-11-12-24(2)31-23-27-22-25-17-18-26(27)21-25/h5-10,13-18,24-27H,3-4,11-12,19-23H2,1-2H3. The fraction of sp³-hybridized carbons (Fsp3) is 0.533. The van der Waals surface area contributed by atoms with Gasteiger partial charge < -0.3 is 4.74 Å².